The highest BCUT2D eigenvalue weighted by atomic mass is 15.4. The Hall–Kier alpha value is -1.94. The van der Waals surface area contributed by atoms with Gasteiger partial charge in [0.2, 0.25) is 0 Å². The summed E-state index contributed by atoms with van der Waals surface area (Å²) in [6.45, 7) is 6.96. The summed E-state index contributed by atoms with van der Waals surface area (Å²) < 4.78 is 1.89. The SMILES string of the molecule is C=CCC(NCCC)c1cnnn1-c1ccccc1. The predicted octanol–water partition coefficient (Wildman–Crippen LogP) is 2.88. The first kappa shape index (κ1) is 13.5. The van der Waals surface area contributed by atoms with Crippen LogP contribution >= 0.6 is 0 Å². The lowest BCUT2D eigenvalue weighted by atomic mass is 10.1. The highest BCUT2D eigenvalue weighted by Gasteiger charge is 2.15. The van der Waals surface area contributed by atoms with Crippen LogP contribution < -0.4 is 5.32 Å². The molecule has 19 heavy (non-hydrogen) atoms. The highest BCUT2D eigenvalue weighted by Crippen LogP contribution is 2.19. The molecule has 0 saturated carbocycles. The lowest BCUT2D eigenvalue weighted by Gasteiger charge is -2.17. The van der Waals surface area contributed by atoms with Gasteiger partial charge in [-0.3, -0.25) is 0 Å². The van der Waals surface area contributed by atoms with E-state index in [0.717, 1.165) is 30.8 Å². The summed E-state index contributed by atoms with van der Waals surface area (Å²) in [6.07, 6.45) is 5.71. The largest absolute Gasteiger partial charge is 0.308 e. The van der Waals surface area contributed by atoms with Gasteiger partial charge in [-0.25, -0.2) is 4.68 Å². The van der Waals surface area contributed by atoms with Crippen molar-refractivity contribution in [2.75, 3.05) is 6.54 Å². The van der Waals surface area contributed by atoms with Crippen molar-refractivity contribution in [1.29, 1.82) is 0 Å². The lowest BCUT2D eigenvalue weighted by Crippen LogP contribution is -2.24. The van der Waals surface area contributed by atoms with Gasteiger partial charge in [0.15, 0.2) is 0 Å². The zero-order chi connectivity index (χ0) is 13.5. The summed E-state index contributed by atoms with van der Waals surface area (Å²) in [5.74, 6) is 0. The number of para-hydroxylation sites is 1. The van der Waals surface area contributed by atoms with Crippen LogP contribution in [-0.4, -0.2) is 21.5 Å². The zero-order valence-electron chi connectivity index (χ0n) is 11.3. The number of nitrogens with zero attached hydrogens (tertiary/aromatic N) is 3. The van der Waals surface area contributed by atoms with Gasteiger partial charge in [-0.15, -0.1) is 11.7 Å². The van der Waals surface area contributed by atoms with Crippen molar-refractivity contribution in [3.63, 3.8) is 0 Å². The summed E-state index contributed by atoms with van der Waals surface area (Å²) in [5.41, 5.74) is 2.10. The fraction of sp³-hybridized carbons (Fsp3) is 0.333. The van der Waals surface area contributed by atoms with Crippen molar-refractivity contribution < 1.29 is 0 Å². The van der Waals surface area contributed by atoms with E-state index < -0.39 is 0 Å². The number of aromatic nitrogens is 3. The summed E-state index contributed by atoms with van der Waals surface area (Å²) in [6, 6.07) is 10.3. The molecular formula is C15H20N4. The average molecular weight is 256 g/mol. The van der Waals surface area contributed by atoms with Gasteiger partial charge in [-0.2, -0.15) is 0 Å². The smallest absolute Gasteiger partial charge is 0.0818 e. The van der Waals surface area contributed by atoms with Gasteiger partial charge in [0.25, 0.3) is 0 Å². The van der Waals surface area contributed by atoms with Crippen molar-refractivity contribution in [1.82, 2.24) is 20.3 Å². The van der Waals surface area contributed by atoms with Crippen LogP contribution in [0.25, 0.3) is 5.69 Å². The third kappa shape index (κ3) is 3.29. The van der Waals surface area contributed by atoms with Crippen LogP contribution in [0.4, 0.5) is 0 Å². The monoisotopic (exact) mass is 256 g/mol. The molecule has 0 fully saturated rings. The van der Waals surface area contributed by atoms with Crippen molar-refractivity contribution in [2.45, 2.75) is 25.8 Å². The molecule has 0 aliphatic carbocycles. The summed E-state index contributed by atoms with van der Waals surface area (Å²) in [4.78, 5) is 0. The standard InChI is InChI=1S/C15H20N4/c1-3-8-14(16-11-4-2)15-12-17-18-19(15)13-9-6-5-7-10-13/h3,5-7,9-10,12,14,16H,1,4,8,11H2,2H3. The van der Waals surface area contributed by atoms with E-state index in [0.29, 0.717) is 0 Å². The molecule has 1 atom stereocenters. The second kappa shape index (κ2) is 6.85. The molecular weight excluding hydrogens is 236 g/mol. The van der Waals surface area contributed by atoms with Gasteiger partial charge >= 0.3 is 0 Å². The van der Waals surface area contributed by atoms with Gasteiger partial charge in [0.1, 0.15) is 0 Å². The number of rotatable bonds is 7. The maximum absolute atomic E-state index is 4.19. The van der Waals surface area contributed by atoms with Crippen LogP contribution in [0, 0.1) is 0 Å². The first-order chi connectivity index (χ1) is 9.36. The Morgan fingerprint density at radius 3 is 2.84 bits per heavy atom. The van der Waals surface area contributed by atoms with Gasteiger partial charge < -0.3 is 5.32 Å². The van der Waals surface area contributed by atoms with Crippen molar-refractivity contribution in [3.05, 3.63) is 54.9 Å². The molecule has 1 aromatic carbocycles. The normalized spacial score (nSPS) is 12.3. The molecule has 2 rings (SSSR count). The molecule has 1 aromatic heterocycles. The summed E-state index contributed by atoms with van der Waals surface area (Å²) >= 11 is 0. The molecule has 0 radical (unpaired) electrons. The molecule has 4 heteroatoms. The Morgan fingerprint density at radius 2 is 2.16 bits per heavy atom. The minimum atomic E-state index is 0.202. The third-order valence-corrected chi connectivity index (χ3v) is 2.98. The minimum absolute atomic E-state index is 0.202. The Balaban J connectivity index is 2.28. The second-order valence-electron chi connectivity index (χ2n) is 4.44. The molecule has 0 aliphatic rings. The van der Waals surface area contributed by atoms with Crippen LogP contribution in [0.15, 0.2) is 49.2 Å². The summed E-state index contributed by atoms with van der Waals surface area (Å²) in [7, 11) is 0. The molecule has 0 saturated heterocycles. The van der Waals surface area contributed by atoms with Crippen molar-refractivity contribution >= 4 is 0 Å². The van der Waals surface area contributed by atoms with Gasteiger partial charge in [0.05, 0.1) is 23.6 Å². The first-order valence-electron chi connectivity index (χ1n) is 6.67. The van der Waals surface area contributed by atoms with Gasteiger partial charge in [-0.05, 0) is 31.5 Å². The number of hydrogen-bond donors (Lipinski definition) is 1. The van der Waals surface area contributed by atoms with Gasteiger partial charge in [0, 0.05) is 0 Å². The molecule has 100 valence electrons. The van der Waals surface area contributed by atoms with E-state index in [1.165, 1.54) is 0 Å². The van der Waals surface area contributed by atoms with E-state index in [4.69, 9.17) is 0 Å². The van der Waals surface area contributed by atoms with Crippen LogP contribution in [0.1, 0.15) is 31.5 Å². The third-order valence-electron chi connectivity index (χ3n) is 2.98. The molecule has 2 aromatic rings. The van der Waals surface area contributed by atoms with E-state index in [9.17, 15) is 0 Å². The molecule has 0 spiro atoms. The van der Waals surface area contributed by atoms with Crippen molar-refractivity contribution in [3.8, 4) is 5.69 Å². The van der Waals surface area contributed by atoms with E-state index in [-0.39, 0.29) is 6.04 Å². The molecule has 0 amide bonds. The number of nitrogens with one attached hydrogen (secondary N) is 1. The fourth-order valence-electron chi connectivity index (χ4n) is 2.04. The Kier molecular flexibility index (Phi) is 4.86. The topological polar surface area (TPSA) is 42.7 Å². The quantitative estimate of drug-likeness (QED) is 0.775. The van der Waals surface area contributed by atoms with Crippen LogP contribution in [0.3, 0.4) is 0 Å². The maximum atomic E-state index is 4.19. The van der Waals surface area contributed by atoms with Gasteiger partial charge in [-0.1, -0.05) is 36.4 Å². The Bertz CT molecular complexity index is 504. The van der Waals surface area contributed by atoms with E-state index in [1.807, 2.05) is 47.3 Å². The lowest BCUT2D eigenvalue weighted by molar-refractivity contribution is 0.511. The van der Waals surface area contributed by atoms with Crippen LogP contribution in [0.5, 0.6) is 0 Å². The molecule has 0 bridgehead atoms. The van der Waals surface area contributed by atoms with E-state index in [1.54, 1.807) is 0 Å². The summed E-state index contributed by atoms with van der Waals surface area (Å²) in [5, 5.41) is 11.7. The minimum Gasteiger partial charge on any atom is -0.308 e. The maximum Gasteiger partial charge on any atom is 0.0818 e. The molecule has 1 unspecified atom stereocenters. The molecule has 0 aliphatic heterocycles. The predicted molar refractivity (Wildman–Crippen MR) is 77.2 cm³/mol. The Labute approximate surface area is 114 Å². The fourth-order valence-corrected chi connectivity index (χ4v) is 2.04. The molecule has 4 nitrogen and oxygen atoms in total. The first-order valence-corrected chi connectivity index (χ1v) is 6.67. The van der Waals surface area contributed by atoms with Crippen LogP contribution in [0.2, 0.25) is 0 Å². The highest BCUT2D eigenvalue weighted by molar-refractivity contribution is 5.32. The van der Waals surface area contributed by atoms with E-state index >= 15 is 0 Å². The van der Waals surface area contributed by atoms with E-state index in [2.05, 4.69) is 29.1 Å². The number of hydrogen-bond acceptors (Lipinski definition) is 3. The average Bonchev–Trinajstić information content (AvgIpc) is 2.93. The van der Waals surface area contributed by atoms with Crippen LogP contribution in [-0.2, 0) is 0 Å². The zero-order valence-corrected chi connectivity index (χ0v) is 11.3. The second-order valence-corrected chi connectivity index (χ2v) is 4.44. The molecule has 1 N–H and O–H groups in total. The molecule has 1 heterocycles. The Morgan fingerprint density at radius 1 is 1.37 bits per heavy atom. The number of benzene rings is 1. The van der Waals surface area contributed by atoms with Crippen molar-refractivity contribution in [2.24, 2.45) is 0 Å².